The van der Waals surface area contributed by atoms with Gasteiger partial charge in [-0.1, -0.05) is 30.3 Å². The largest absolute Gasteiger partial charge is 0.483 e. The summed E-state index contributed by atoms with van der Waals surface area (Å²) in [6, 6.07) is 7.44. The molecule has 1 amide bonds. The van der Waals surface area contributed by atoms with Gasteiger partial charge in [-0.2, -0.15) is 0 Å². The normalized spacial score (nSPS) is 15.5. The number of hydrogen-bond acceptors (Lipinski definition) is 6. The van der Waals surface area contributed by atoms with Crippen LogP contribution in [0.5, 0.6) is 5.75 Å². The summed E-state index contributed by atoms with van der Waals surface area (Å²) in [6.45, 7) is 6.15. The number of amides is 1. The van der Waals surface area contributed by atoms with Crippen molar-refractivity contribution in [2.75, 3.05) is 19.7 Å². The van der Waals surface area contributed by atoms with Crippen LogP contribution in [0.25, 0.3) is 0 Å². The molecular weight excluding hydrogens is 394 g/mol. The number of carbonyl (C=O) groups excluding carboxylic acids is 1. The average Bonchev–Trinajstić information content (AvgIpc) is 3.05. The van der Waals surface area contributed by atoms with Crippen molar-refractivity contribution < 1.29 is 22.5 Å². The van der Waals surface area contributed by atoms with Crippen LogP contribution >= 0.6 is 0 Å². The van der Waals surface area contributed by atoms with Crippen LogP contribution in [0.3, 0.4) is 0 Å². The first-order valence-electron chi connectivity index (χ1n) is 9.75. The summed E-state index contributed by atoms with van der Waals surface area (Å²) in [6.07, 6.45) is 1.92. The molecule has 1 saturated heterocycles. The predicted molar refractivity (Wildman–Crippen MR) is 107 cm³/mol. The minimum absolute atomic E-state index is 0.0213. The molecule has 8 nitrogen and oxygen atoms in total. The van der Waals surface area contributed by atoms with E-state index in [1.54, 1.807) is 18.7 Å². The second-order valence-corrected chi connectivity index (χ2v) is 8.83. The van der Waals surface area contributed by atoms with E-state index in [0.717, 1.165) is 17.7 Å². The summed E-state index contributed by atoms with van der Waals surface area (Å²) >= 11 is 0. The molecule has 0 aliphatic carbocycles. The number of para-hydroxylation sites is 1. The molecule has 1 aromatic heterocycles. The molecule has 0 bridgehead atoms. The lowest BCUT2D eigenvalue weighted by Crippen LogP contribution is -2.47. The lowest BCUT2D eigenvalue weighted by Gasteiger charge is -2.32. The number of benzene rings is 1. The quantitative estimate of drug-likeness (QED) is 0.735. The molecule has 2 aromatic rings. The van der Waals surface area contributed by atoms with E-state index in [1.807, 2.05) is 31.2 Å². The van der Waals surface area contributed by atoms with Crippen LogP contribution in [-0.2, 0) is 21.2 Å². The highest BCUT2D eigenvalue weighted by atomic mass is 32.2. The van der Waals surface area contributed by atoms with Gasteiger partial charge in [0.2, 0.25) is 10.0 Å². The smallest absolute Gasteiger partial charge is 0.260 e. The lowest BCUT2D eigenvalue weighted by molar-refractivity contribution is -0.134. The van der Waals surface area contributed by atoms with E-state index in [-0.39, 0.29) is 29.2 Å². The van der Waals surface area contributed by atoms with Gasteiger partial charge in [0.15, 0.2) is 12.4 Å². The third-order valence-corrected chi connectivity index (χ3v) is 6.87. The number of ether oxygens (including phenoxy) is 1. The molecular formula is C20H27N3O5S. The number of hydrogen-bond donors (Lipinski definition) is 1. The summed E-state index contributed by atoms with van der Waals surface area (Å²) in [5.41, 5.74) is 1.40. The predicted octanol–water partition coefficient (Wildman–Crippen LogP) is 2.20. The summed E-state index contributed by atoms with van der Waals surface area (Å²) in [7, 11) is -3.70. The average molecular weight is 422 g/mol. The number of carbonyl (C=O) groups is 1. The Labute approximate surface area is 171 Å². The first kappa shape index (κ1) is 21.3. The van der Waals surface area contributed by atoms with Crippen molar-refractivity contribution >= 4 is 15.9 Å². The van der Waals surface area contributed by atoms with Crippen molar-refractivity contribution in [3.05, 3.63) is 41.3 Å². The van der Waals surface area contributed by atoms with Crippen molar-refractivity contribution in [1.82, 2.24) is 14.8 Å². The number of nitrogens with zero attached hydrogens (tertiary/aromatic N) is 2. The van der Waals surface area contributed by atoms with Gasteiger partial charge in [-0.15, -0.1) is 0 Å². The molecule has 1 aliphatic heterocycles. The van der Waals surface area contributed by atoms with E-state index in [9.17, 15) is 13.2 Å². The summed E-state index contributed by atoms with van der Waals surface area (Å²) in [5, 5.41) is 3.71. The van der Waals surface area contributed by atoms with Gasteiger partial charge in [-0.25, -0.2) is 13.1 Å². The Bertz CT molecular complexity index is 943. The van der Waals surface area contributed by atoms with Gasteiger partial charge in [0.05, 0.1) is 0 Å². The summed E-state index contributed by atoms with van der Waals surface area (Å²) in [5.74, 6) is 0.903. The van der Waals surface area contributed by atoms with Crippen molar-refractivity contribution in [3.8, 4) is 5.75 Å². The monoisotopic (exact) mass is 421 g/mol. The van der Waals surface area contributed by atoms with Crippen molar-refractivity contribution in [2.45, 2.75) is 51.0 Å². The Morgan fingerprint density at radius 2 is 1.97 bits per heavy atom. The minimum atomic E-state index is -3.70. The Balaban J connectivity index is 1.52. The molecule has 9 heteroatoms. The third-order valence-electron chi connectivity index (χ3n) is 5.11. The number of aryl methyl sites for hydroxylation is 3. The Hall–Kier alpha value is -2.39. The van der Waals surface area contributed by atoms with E-state index in [4.69, 9.17) is 9.26 Å². The zero-order chi connectivity index (χ0) is 21.0. The zero-order valence-corrected chi connectivity index (χ0v) is 17.8. The van der Waals surface area contributed by atoms with Gasteiger partial charge in [-0.3, -0.25) is 4.79 Å². The van der Waals surface area contributed by atoms with Gasteiger partial charge >= 0.3 is 0 Å². The van der Waals surface area contributed by atoms with Crippen LogP contribution < -0.4 is 9.46 Å². The van der Waals surface area contributed by atoms with E-state index >= 15 is 0 Å². The Kier molecular flexibility index (Phi) is 6.59. The Morgan fingerprint density at radius 3 is 2.59 bits per heavy atom. The first-order valence-corrected chi connectivity index (χ1v) is 11.2. The van der Waals surface area contributed by atoms with E-state index in [1.165, 1.54) is 0 Å². The van der Waals surface area contributed by atoms with E-state index < -0.39 is 10.0 Å². The van der Waals surface area contributed by atoms with Crippen LogP contribution in [0.2, 0.25) is 0 Å². The zero-order valence-electron chi connectivity index (χ0n) is 17.0. The number of rotatable bonds is 7. The topological polar surface area (TPSA) is 102 Å². The highest BCUT2D eigenvalue weighted by Crippen LogP contribution is 2.22. The van der Waals surface area contributed by atoms with Gasteiger partial charge in [-0.05, 0) is 44.7 Å². The molecule has 1 aromatic carbocycles. The van der Waals surface area contributed by atoms with Gasteiger partial charge < -0.3 is 14.2 Å². The SMILES string of the molecule is CCc1ccccc1OCC(=O)N1CCC(NS(=O)(=O)c2c(C)noc2C)CC1. The van der Waals surface area contributed by atoms with E-state index in [2.05, 4.69) is 9.88 Å². The maximum Gasteiger partial charge on any atom is 0.260 e. The molecule has 2 heterocycles. The molecule has 0 unspecified atom stereocenters. The highest BCUT2D eigenvalue weighted by Gasteiger charge is 2.30. The van der Waals surface area contributed by atoms with Crippen LogP contribution in [0.4, 0.5) is 0 Å². The van der Waals surface area contributed by atoms with Crippen molar-refractivity contribution in [1.29, 1.82) is 0 Å². The Morgan fingerprint density at radius 1 is 1.28 bits per heavy atom. The standard InChI is InChI=1S/C20H27N3O5S/c1-4-16-7-5-6-8-18(16)27-13-19(24)23-11-9-17(10-12-23)22-29(25,26)20-14(2)21-28-15(20)3/h5-8,17,22H,4,9-13H2,1-3H3. The van der Waals surface area contributed by atoms with Crippen LogP contribution in [0.15, 0.2) is 33.7 Å². The number of sulfonamides is 1. The fraction of sp³-hybridized carbons (Fsp3) is 0.500. The maximum atomic E-state index is 12.6. The second-order valence-electron chi connectivity index (χ2n) is 7.18. The molecule has 1 aliphatic rings. The molecule has 1 N–H and O–H groups in total. The van der Waals surface area contributed by atoms with Gasteiger partial charge in [0.25, 0.3) is 5.91 Å². The fourth-order valence-corrected chi connectivity index (χ4v) is 5.19. The number of likely N-dealkylation sites (tertiary alicyclic amines) is 1. The molecule has 0 atom stereocenters. The highest BCUT2D eigenvalue weighted by molar-refractivity contribution is 7.89. The third kappa shape index (κ3) is 4.97. The van der Waals surface area contributed by atoms with Crippen LogP contribution in [0.1, 0.15) is 36.8 Å². The fourth-order valence-electron chi connectivity index (χ4n) is 3.55. The van der Waals surface area contributed by atoms with E-state index in [0.29, 0.717) is 31.6 Å². The summed E-state index contributed by atoms with van der Waals surface area (Å²) in [4.78, 5) is 14.3. The second kappa shape index (κ2) is 8.96. The summed E-state index contributed by atoms with van der Waals surface area (Å²) < 4.78 is 38.6. The van der Waals surface area contributed by atoms with Crippen LogP contribution in [-0.4, -0.2) is 50.1 Å². The number of piperidine rings is 1. The molecule has 1 fully saturated rings. The molecule has 3 rings (SSSR count). The van der Waals surface area contributed by atoms with Gasteiger partial charge in [0, 0.05) is 19.1 Å². The lowest BCUT2D eigenvalue weighted by atomic mass is 10.1. The first-order chi connectivity index (χ1) is 13.8. The van der Waals surface area contributed by atoms with Gasteiger partial charge in [0.1, 0.15) is 16.3 Å². The molecule has 158 valence electrons. The van der Waals surface area contributed by atoms with Crippen LogP contribution in [0, 0.1) is 13.8 Å². The molecule has 29 heavy (non-hydrogen) atoms. The minimum Gasteiger partial charge on any atom is -0.483 e. The number of aromatic nitrogens is 1. The molecule has 0 saturated carbocycles. The molecule has 0 radical (unpaired) electrons. The maximum absolute atomic E-state index is 12.6. The molecule has 0 spiro atoms. The van der Waals surface area contributed by atoms with Crippen molar-refractivity contribution in [3.63, 3.8) is 0 Å². The van der Waals surface area contributed by atoms with Crippen molar-refractivity contribution in [2.24, 2.45) is 0 Å². The number of nitrogens with one attached hydrogen (secondary N) is 1.